The van der Waals surface area contributed by atoms with Gasteiger partial charge in [-0.25, -0.2) is 0 Å². The molecule has 4 heteroatoms. The zero-order valence-electron chi connectivity index (χ0n) is 13.1. The van der Waals surface area contributed by atoms with E-state index in [4.69, 9.17) is 10.5 Å². The number of hydrogen-bond donors (Lipinski definition) is 1. The first-order chi connectivity index (χ1) is 10.2. The second-order valence-electron chi connectivity index (χ2n) is 5.76. The molecule has 0 aromatic heterocycles. The SMILES string of the molecule is CCN(C1CCCCC1)C(CN)c1cc(Br)ccc1OC. The van der Waals surface area contributed by atoms with Gasteiger partial charge in [-0.1, -0.05) is 42.1 Å². The lowest BCUT2D eigenvalue weighted by atomic mass is 9.91. The van der Waals surface area contributed by atoms with Crippen LogP contribution in [0, 0.1) is 0 Å². The van der Waals surface area contributed by atoms with Crippen molar-refractivity contribution in [3.05, 3.63) is 28.2 Å². The fraction of sp³-hybridized carbons (Fsp3) is 0.647. The first-order valence-corrected chi connectivity index (χ1v) is 8.79. The molecule has 1 saturated carbocycles. The van der Waals surface area contributed by atoms with Gasteiger partial charge in [0.05, 0.1) is 13.2 Å². The van der Waals surface area contributed by atoms with E-state index in [0.29, 0.717) is 12.6 Å². The molecule has 0 aliphatic heterocycles. The Labute approximate surface area is 137 Å². The predicted molar refractivity (Wildman–Crippen MR) is 91.7 cm³/mol. The van der Waals surface area contributed by atoms with Crippen molar-refractivity contribution >= 4 is 15.9 Å². The van der Waals surface area contributed by atoms with Crippen LogP contribution in [0.1, 0.15) is 50.6 Å². The molecule has 0 bridgehead atoms. The quantitative estimate of drug-likeness (QED) is 0.835. The van der Waals surface area contributed by atoms with Gasteiger partial charge in [-0.05, 0) is 37.6 Å². The lowest BCUT2D eigenvalue weighted by Gasteiger charge is -2.39. The predicted octanol–water partition coefficient (Wildman–Crippen LogP) is 4.11. The number of nitrogens with zero attached hydrogens (tertiary/aromatic N) is 1. The van der Waals surface area contributed by atoms with Crippen LogP contribution in [0.3, 0.4) is 0 Å². The van der Waals surface area contributed by atoms with Crippen molar-refractivity contribution in [2.75, 3.05) is 20.2 Å². The third kappa shape index (κ3) is 3.99. The fourth-order valence-corrected chi connectivity index (χ4v) is 3.93. The molecule has 1 atom stereocenters. The zero-order chi connectivity index (χ0) is 15.2. The van der Waals surface area contributed by atoms with E-state index in [-0.39, 0.29) is 6.04 Å². The highest BCUT2D eigenvalue weighted by Gasteiger charge is 2.28. The molecule has 2 rings (SSSR count). The molecule has 2 N–H and O–H groups in total. The van der Waals surface area contributed by atoms with Crippen molar-refractivity contribution in [2.45, 2.75) is 51.1 Å². The van der Waals surface area contributed by atoms with Crippen molar-refractivity contribution in [1.29, 1.82) is 0 Å². The normalized spacial score (nSPS) is 18.0. The lowest BCUT2D eigenvalue weighted by Crippen LogP contribution is -2.42. The number of methoxy groups -OCH3 is 1. The van der Waals surface area contributed by atoms with E-state index in [1.54, 1.807) is 7.11 Å². The van der Waals surface area contributed by atoms with E-state index >= 15 is 0 Å². The average molecular weight is 355 g/mol. The van der Waals surface area contributed by atoms with Gasteiger partial charge < -0.3 is 10.5 Å². The minimum Gasteiger partial charge on any atom is -0.496 e. The molecule has 1 fully saturated rings. The van der Waals surface area contributed by atoms with Crippen LogP contribution in [0.2, 0.25) is 0 Å². The van der Waals surface area contributed by atoms with Gasteiger partial charge in [0, 0.05) is 22.6 Å². The summed E-state index contributed by atoms with van der Waals surface area (Å²) in [5, 5.41) is 0. The van der Waals surface area contributed by atoms with Gasteiger partial charge in [0.25, 0.3) is 0 Å². The summed E-state index contributed by atoms with van der Waals surface area (Å²) in [6, 6.07) is 7.08. The highest BCUT2D eigenvalue weighted by molar-refractivity contribution is 9.10. The van der Waals surface area contributed by atoms with E-state index in [9.17, 15) is 0 Å². The van der Waals surface area contributed by atoms with Crippen molar-refractivity contribution < 1.29 is 4.74 Å². The summed E-state index contributed by atoms with van der Waals surface area (Å²) in [6.07, 6.45) is 6.64. The Morgan fingerprint density at radius 3 is 2.62 bits per heavy atom. The molecule has 0 saturated heterocycles. The number of halogens is 1. The van der Waals surface area contributed by atoms with E-state index < -0.39 is 0 Å². The summed E-state index contributed by atoms with van der Waals surface area (Å²) < 4.78 is 6.64. The van der Waals surface area contributed by atoms with E-state index in [0.717, 1.165) is 16.8 Å². The molecule has 21 heavy (non-hydrogen) atoms. The van der Waals surface area contributed by atoms with Crippen LogP contribution in [0.15, 0.2) is 22.7 Å². The molecule has 0 spiro atoms. The van der Waals surface area contributed by atoms with Crippen LogP contribution in [0.25, 0.3) is 0 Å². The third-order valence-corrected chi connectivity index (χ3v) is 5.08. The summed E-state index contributed by atoms with van der Waals surface area (Å²) in [5.41, 5.74) is 7.35. The lowest BCUT2D eigenvalue weighted by molar-refractivity contribution is 0.112. The maximum absolute atomic E-state index is 6.15. The maximum atomic E-state index is 6.15. The molecule has 0 heterocycles. The fourth-order valence-electron chi connectivity index (χ4n) is 3.55. The topological polar surface area (TPSA) is 38.5 Å². The van der Waals surface area contributed by atoms with Gasteiger partial charge in [0.15, 0.2) is 0 Å². The smallest absolute Gasteiger partial charge is 0.123 e. The molecule has 1 aliphatic rings. The molecule has 0 radical (unpaired) electrons. The summed E-state index contributed by atoms with van der Waals surface area (Å²) in [4.78, 5) is 2.57. The number of likely N-dealkylation sites (N-methyl/N-ethyl adjacent to an activating group) is 1. The molecule has 118 valence electrons. The van der Waals surface area contributed by atoms with Crippen molar-refractivity contribution in [1.82, 2.24) is 4.90 Å². The molecule has 1 unspecified atom stereocenters. The Morgan fingerprint density at radius 1 is 1.33 bits per heavy atom. The van der Waals surface area contributed by atoms with Gasteiger partial charge in [-0.15, -0.1) is 0 Å². The van der Waals surface area contributed by atoms with E-state index in [1.807, 2.05) is 12.1 Å². The third-order valence-electron chi connectivity index (χ3n) is 4.58. The maximum Gasteiger partial charge on any atom is 0.123 e. The van der Waals surface area contributed by atoms with Crippen molar-refractivity contribution in [3.8, 4) is 5.75 Å². The van der Waals surface area contributed by atoms with Crippen molar-refractivity contribution in [2.24, 2.45) is 5.73 Å². The number of nitrogens with two attached hydrogens (primary N) is 1. The second-order valence-corrected chi connectivity index (χ2v) is 6.68. The molecular weight excluding hydrogens is 328 g/mol. The Kier molecular flexibility index (Phi) is 6.52. The molecule has 3 nitrogen and oxygen atoms in total. The highest BCUT2D eigenvalue weighted by atomic mass is 79.9. The van der Waals surface area contributed by atoms with Crippen molar-refractivity contribution in [3.63, 3.8) is 0 Å². The summed E-state index contributed by atoms with van der Waals surface area (Å²) in [7, 11) is 1.73. The van der Waals surface area contributed by atoms with Crippen LogP contribution in [-0.2, 0) is 0 Å². The molecular formula is C17H27BrN2O. The van der Waals surface area contributed by atoms with Gasteiger partial charge in [-0.3, -0.25) is 4.90 Å². The minimum absolute atomic E-state index is 0.227. The largest absolute Gasteiger partial charge is 0.496 e. The first kappa shape index (κ1) is 16.8. The van der Waals surface area contributed by atoms with Crippen LogP contribution in [0.4, 0.5) is 0 Å². The van der Waals surface area contributed by atoms with Crippen LogP contribution >= 0.6 is 15.9 Å². The Hall–Kier alpha value is -0.580. The number of rotatable bonds is 6. The minimum atomic E-state index is 0.227. The summed E-state index contributed by atoms with van der Waals surface area (Å²) in [5.74, 6) is 0.933. The Morgan fingerprint density at radius 2 is 2.05 bits per heavy atom. The number of ether oxygens (including phenoxy) is 1. The average Bonchev–Trinajstić information content (AvgIpc) is 2.53. The van der Waals surface area contributed by atoms with Gasteiger partial charge >= 0.3 is 0 Å². The summed E-state index contributed by atoms with van der Waals surface area (Å²) in [6.45, 7) is 3.89. The standard InChI is InChI=1S/C17H27BrN2O/c1-3-20(14-7-5-4-6-8-14)16(12-19)15-11-13(18)9-10-17(15)21-2/h9-11,14,16H,3-8,12,19H2,1-2H3. The monoisotopic (exact) mass is 354 g/mol. The molecule has 0 amide bonds. The van der Waals surface area contributed by atoms with Gasteiger partial charge in [-0.2, -0.15) is 0 Å². The number of hydrogen-bond acceptors (Lipinski definition) is 3. The molecule has 1 aromatic rings. The van der Waals surface area contributed by atoms with Crippen LogP contribution in [-0.4, -0.2) is 31.1 Å². The Balaban J connectivity index is 2.29. The van der Waals surface area contributed by atoms with Gasteiger partial charge in [0.2, 0.25) is 0 Å². The van der Waals surface area contributed by atoms with E-state index in [2.05, 4.69) is 33.8 Å². The molecule has 1 aromatic carbocycles. The highest BCUT2D eigenvalue weighted by Crippen LogP contribution is 2.35. The number of benzene rings is 1. The van der Waals surface area contributed by atoms with Crippen LogP contribution < -0.4 is 10.5 Å². The Bertz CT molecular complexity index is 446. The van der Waals surface area contributed by atoms with Crippen LogP contribution in [0.5, 0.6) is 5.75 Å². The van der Waals surface area contributed by atoms with Gasteiger partial charge in [0.1, 0.15) is 5.75 Å². The van der Waals surface area contributed by atoms with E-state index in [1.165, 1.54) is 37.7 Å². The zero-order valence-corrected chi connectivity index (χ0v) is 14.7. The summed E-state index contributed by atoms with van der Waals surface area (Å²) >= 11 is 3.58. The first-order valence-electron chi connectivity index (χ1n) is 8.00. The molecule has 1 aliphatic carbocycles. The second kappa shape index (κ2) is 8.16.